The summed E-state index contributed by atoms with van der Waals surface area (Å²) in [5, 5.41) is 32.5. The molecule has 0 spiro atoms. The standard InChI is InChI=1S/C29H42O7/c1-26(2,36-6)12-11-21(31)24(34)19-10-8-17-18-9-7-16-20(13-22(32)25(35)27(16,3)4)29(18,15-30)23(33)14-28(17,19)5/h7,11-12,17-20,24-25,30,34-35H,8-10,13-15H2,1-6H3/b12-11+/t17?,18?,19?,20-,24?,25-,28?,29?/m1/s1. The summed E-state index contributed by atoms with van der Waals surface area (Å²) in [6.07, 6.45) is 4.89. The first-order valence-electron chi connectivity index (χ1n) is 13.2. The highest BCUT2D eigenvalue weighted by atomic mass is 16.5. The van der Waals surface area contributed by atoms with Crippen LogP contribution in [0.15, 0.2) is 23.8 Å². The van der Waals surface area contributed by atoms with Gasteiger partial charge in [0, 0.05) is 31.3 Å². The number of hydrogen-bond acceptors (Lipinski definition) is 7. The van der Waals surface area contributed by atoms with Gasteiger partial charge in [-0.25, -0.2) is 0 Å². The van der Waals surface area contributed by atoms with Crippen LogP contribution in [0, 0.1) is 39.9 Å². The van der Waals surface area contributed by atoms with Gasteiger partial charge < -0.3 is 20.1 Å². The van der Waals surface area contributed by atoms with Crippen LogP contribution in [0.4, 0.5) is 0 Å². The Kier molecular flexibility index (Phi) is 6.82. The van der Waals surface area contributed by atoms with Crippen molar-refractivity contribution in [1.29, 1.82) is 0 Å². The van der Waals surface area contributed by atoms with Crippen molar-refractivity contribution < 1.29 is 34.4 Å². The molecule has 200 valence electrons. The van der Waals surface area contributed by atoms with E-state index >= 15 is 0 Å². The first-order chi connectivity index (χ1) is 16.7. The fourth-order valence-corrected chi connectivity index (χ4v) is 8.15. The zero-order chi connectivity index (χ0) is 26.8. The second kappa shape index (κ2) is 8.97. The number of aliphatic hydroxyl groups is 3. The Balaban J connectivity index is 1.68. The van der Waals surface area contributed by atoms with Gasteiger partial charge in [0.1, 0.15) is 18.0 Å². The number of methoxy groups -OCH3 is 1. The quantitative estimate of drug-likeness (QED) is 0.377. The van der Waals surface area contributed by atoms with Crippen LogP contribution in [-0.2, 0) is 19.1 Å². The molecule has 4 rings (SSSR count). The third kappa shape index (κ3) is 3.80. The molecule has 7 nitrogen and oxygen atoms in total. The van der Waals surface area contributed by atoms with Gasteiger partial charge in [-0.15, -0.1) is 0 Å². The third-order valence-corrected chi connectivity index (χ3v) is 10.5. The molecule has 0 amide bonds. The van der Waals surface area contributed by atoms with Crippen LogP contribution in [0.2, 0.25) is 0 Å². The lowest BCUT2D eigenvalue weighted by Gasteiger charge is -2.60. The minimum absolute atomic E-state index is 0.0251. The summed E-state index contributed by atoms with van der Waals surface area (Å²) in [5.41, 5.74) is -2.19. The van der Waals surface area contributed by atoms with E-state index in [0.717, 1.165) is 12.0 Å². The fourth-order valence-electron chi connectivity index (χ4n) is 8.15. The summed E-state index contributed by atoms with van der Waals surface area (Å²) in [6, 6.07) is 0. The Morgan fingerprint density at radius 1 is 1.22 bits per heavy atom. The van der Waals surface area contributed by atoms with Crippen LogP contribution in [0.25, 0.3) is 0 Å². The number of carbonyl (C=O) groups is 3. The van der Waals surface area contributed by atoms with Crippen molar-refractivity contribution in [3.05, 3.63) is 23.8 Å². The lowest BCUT2D eigenvalue weighted by Crippen LogP contribution is -2.63. The second-order valence-electron chi connectivity index (χ2n) is 12.9. The SMILES string of the molecule is COC(C)(C)/C=C/C(=O)C(O)C1CCC2C3CC=C4[C@@H](CC(=O)[C@@H](O)C4(C)C)C3(CO)C(=O)CC12C. The van der Waals surface area contributed by atoms with Crippen molar-refractivity contribution in [1.82, 2.24) is 0 Å². The summed E-state index contributed by atoms with van der Waals surface area (Å²) in [5.74, 6) is -1.73. The normalized spacial score (nSPS) is 40.9. The minimum Gasteiger partial charge on any atom is -0.395 e. The van der Waals surface area contributed by atoms with Gasteiger partial charge in [-0.3, -0.25) is 14.4 Å². The Hall–Kier alpha value is -1.67. The molecule has 36 heavy (non-hydrogen) atoms. The Morgan fingerprint density at radius 2 is 1.89 bits per heavy atom. The van der Waals surface area contributed by atoms with Crippen molar-refractivity contribution >= 4 is 17.3 Å². The maximum absolute atomic E-state index is 14.1. The number of ether oxygens (including phenoxy) is 1. The molecule has 0 saturated heterocycles. The number of hydrogen-bond donors (Lipinski definition) is 3. The Bertz CT molecular complexity index is 1010. The monoisotopic (exact) mass is 502 g/mol. The van der Waals surface area contributed by atoms with Crippen molar-refractivity contribution in [3.8, 4) is 0 Å². The molecular weight excluding hydrogens is 460 g/mol. The van der Waals surface area contributed by atoms with Crippen LogP contribution >= 0.6 is 0 Å². The maximum atomic E-state index is 14.1. The number of ketones is 3. The molecule has 7 heteroatoms. The van der Waals surface area contributed by atoms with E-state index < -0.39 is 45.8 Å². The average molecular weight is 503 g/mol. The highest BCUT2D eigenvalue weighted by Gasteiger charge is 2.68. The zero-order valence-electron chi connectivity index (χ0n) is 22.4. The van der Waals surface area contributed by atoms with Gasteiger partial charge in [0.05, 0.1) is 17.6 Å². The van der Waals surface area contributed by atoms with Gasteiger partial charge in [0.15, 0.2) is 11.6 Å². The van der Waals surface area contributed by atoms with E-state index in [2.05, 4.69) is 6.08 Å². The van der Waals surface area contributed by atoms with Gasteiger partial charge in [0.2, 0.25) is 0 Å². The predicted octanol–water partition coefficient (Wildman–Crippen LogP) is 2.80. The van der Waals surface area contributed by atoms with E-state index in [1.54, 1.807) is 13.2 Å². The summed E-state index contributed by atoms with van der Waals surface area (Å²) < 4.78 is 5.33. The van der Waals surface area contributed by atoms with E-state index in [1.165, 1.54) is 6.08 Å². The number of carbonyl (C=O) groups excluding carboxylic acids is 3. The van der Waals surface area contributed by atoms with Gasteiger partial charge in [-0.05, 0) is 68.4 Å². The number of aliphatic hydroxyl groups excluding tert-OH is 3. The molecule has 8 atom stereocenters. The molecule has 0 aromatic rings. The van der Waals surface area contributed by atoms with Gasteiger partial charge >= 0.3 is 0 Å². The molecule has 0 bridgehead atoms. The Labute approximate surface area is 214 Å². The van der Waals surface area contributed by atoms with Gasteiger partial charge in [-0.1, -0.05) is 32.4 Å². The van der Waals surface area contributed by atoms with Gasteiger partial charge in [0.25, 0.3) is 0 Å². The molecule has 3 saturated carbocycles. The summed E-state index contributed by atoms with van der Waals surface area (Å²) in [4.78, 5) is 39.8. The molecule has 0 radical (unpaired) electrons. The summed E-state index contributed by atoms with van der Waals surface area (Å²) in [7, 11) is 1.56. The molecular formula is C29H42O7. The topological polar surface area (TPSA) is 121 Å². The van der Waals surface area contributed by atoms with Crippen LogP contribution in [0.1, 0.15) is 66.7 Å². The largest absolute Gasteiger partial charge is 0.395 e. The maximum Gasteiger partial charge on any atom is 0.184 e. The third-order valence-electron chi connectivity index (χ3n) is 10.5. The fraction of sp³-hybridized carbons (Fsp3) is 0.759. The zero-order valence-corrected chi connectivity index (χ0v) is 22.4. The first kappa shape index (κ1) is 27.4. The molecule has 4 aliphatic carbocycles. The molecule has 0 aromatic carbocycles. The lowest BCUT2D eigenvalue weighted by atomic mass is 9.42. The predicted molar refractivity (Wildman–Crippen MR) is 134 cm³/mol. The highest BCUT2D eigenvalue weighted by Crippen LogP contribution is 2.68. The average Bonchev–Trinajstić information content (AvgIpc) is 3.16. The van der Waals surface area contributed by atoms with E-state index in [4.69, 9.17) is 4.74 Å². The van der Waals surface area contributed by atoms with E-state index in [1.807, 2.05) is 34.6 Å². The lowest BCUT2D eigenvalue weighted by molar-refractivity contribution is -0.169. The first-order valence-corrected chi connectivity index (χ1v) is 13.2. The molecule has 6 unspecified atom stereocenters. The molecule has 3 fully saturated rings. The Morgan fingerprint density at radius 3 is 2.50 bits per heavy atom. The second-order valence-corrected chi connectivity index (χ2v) is 12.9. The number of rotatable bonds is 6. The van der Waals surface area contributed by atoms with Crippen LogP contribution in [0.5, 0.6) is 0 Å². The van der Waals surface area contributed by atoms with Crippen LogP contribution in [-0.4, -0.2) is 64.2 Å². The molecule has 0 aliphatic heterocycles. The molecule has 3 N–H and O–H groups in total. The smallest absolute Gasteiger partial charge is 0.184 e. The van der Waals surface area contributed by atoms with E-state index in [-0.39, 0.29) is 48.8 Å². The number of Topliss-reactive ketones (excluding diaryl/α,β-unsaturated/α-hetero) is 2. The van der Waals surface area contributed by atoms with Crippen molar-refractivity contribution in [2.24, 2.45) is 39.9 Å². The highest BCUT2D eigenvalue weighted by molar-refractivity contribution is 5.95. The van der Waals surface area contributed by atoms with Crippen molar-refractivity contribution in [2.45, 2.75) is 84.5 Å². The van der Waals surface area contributed by atoms with E-state index in [0.29, 0.717) is 12.8 Å². The van der Waals surface area contributed by atoms with Crippen molar-refractivity contribution in [3.63, 3.8) is 0 Å². The van der Waals surface area contributed by atoms with Crippen LogP contribution < -0.4 is 0 Å². The number of fused-ring (bicyclic) bond motifs is 5. The van der Waals surface area contributed by atoms with E-state index in [9.17, 15) is 29.7 Å². The molecule has 4 aliphatic rings. The molecule has 0 heterocycles. The van der Waals surface area contributed by atoms with Gasteiger partial charge in [-0.2, -0.15) is 0 Å². The number of allylic oxidation sites excluding steroid dienone is 1. The minimum atomic E-state index is -1.22. The summed E-state index contributed by atoms with van der Waals surface area (Å²) in [6.45, 7) is 8.99. The van der Waals surface area contributed by atoms with Crippen molar-refractivity contribution in [2.75, 3.05) is 13.7 Å². The van der Waals surface area contributed by atoms with Crippen LogP contribution in [0.3, 0.4) is 0 Å². The molecule has 0 aromatic heterocycles. The summed E-state index contributed by atoms with van der Waals surface area (Å²) >= 11 is 0.